The van der Waals surface area contributed by atoms with E-state index >= 15 is 0 Å². The summed E-state index contributed by atoms with van der Waals surface area (Å²) in [5, 5.41) is 23.2. The van der Waals surface area contributed by atoms with Gasteiger partial charge in [0.05, 0.1) is 18.4 Å². The van der Waals surface area contributed by atoms with E-state index in [0.29, 0.717) is 11.4 Å². The molecule has 0 aliphatic heterocycles. The van der Waals surface area contributed by atoms with E-state index in [0.717, 1.165) is 0 Å². The predicted octanol–water partition coefficient (Wildman–Crippen LogP) is -2.93. The number of hydrogen-bond acceptors (Lipinski definition) is 9. The first-order chi connectivity index (χ1) is 15.2. The average molecular weight is 529 g/mol. The molecule has 0 saturated heterocycles. The van der Waals surface area contributed by atoms with Gasteiger partial charge in [0.25, 0.3) is 11.5 Å². The van der Waals surface area contributed by atoms with Gasteiger partial charge in [0.1, 0.15) is 6.04 Å². The zero-order valence-electron chi connectivity index (χ0n) is 18.8. The number of nitrogens with one attached hydrogen (secondary N) is 3. The number of amides is 1. The molecule has 0 bridgehead atoms. The number of nitrogens with zero attached hydrogens (tertiary/aromatic N) is 3. The van der Waals surface area contributed by atoms with Crippen LogP contribution >= 0.6 is 0 Å². The number of aromatic nitrogens is 4. The molecular formula is C19H20CuN7NaO6. The van der Waals surface area contributed by atoms with Crippen molar-refractivity contribution in [1.82, 2.24) is 25.3 Å². The maximum absolute atomic E-state index is 12.3. The number of benzene rings is 1. The van der Waals surface area contributed by atoms with Crippen molar-refractivity contribution in [2.75, 3.05) is 11.1 Å². The van der Waals surface area contributed by atoms with Gasteiger partial charge in [0.15, 0.2) is 11.2 Å². The van der Waals surface area contributed by atoms with Crippen LogP contribution in [0.5, 0.6) is 0 Å². The average Bonchev–Trinajstić information content (AvgIpc) is 2.75. The molecule has 0 unspecified atom stereocenters. The van der Waals surface area contributed by atoms with Gasteiger partial charge in [-0.1, -0.05) is 0 Å². The number of carboxylic acids is 2. The number of fused-ring (bicyclic) bond motifs is 1. The van der Waals surface area contributed by atoms with E-state index in [2.05, 4.69) is 30.6 Å². The molecule has 1 aromatic carbocycles. The van der Waals surface area contributed by atoms with E-state index in [9.17, 15) is 19.2 Å². The van der Waals surface area contributed by atoms with Gasteiger partial charge in [-0.2, -0.15) is 4.98 Å². The number of carbonyl (C=O) groups excluding carboxylic acids is 1. The van der Waals surface area contributed by atoms with Crippen LogP contribution in [0.25, 0.3) is 11.2 Å². The molecule has 15 heteroatoms. The summed E-state index contributed by atoms with van der Waals surface area (Å²) >= 11 is 0. The molecule has 1 radical (unpaired) electrons. The van der Waals surface area contributed by atoms with E-state index in [1.165, 1.54) is 18.3 Å². The van der Waals surface area contributed by atoms with Crippen LogP contribution in [0.1, 0.15) is 30.3 Å². The summed E-state index contributed by atoms with van der Waals surface area (Å²) in [6, 6.07) is 4.86. The number of aromatic amines is 1. The number of H-pyrrole nitrogens is 1. The number of carbonyl (C=O) groups is 3. The second kappa shape index (κ2) is 13.0. The Kier molecular flexibility index (Phi) is 11.1. The van der Waals surface area contributed by atoms with Crippen LogP contribution in [0.4, 0.5) is 11.6 Å². The minimum Gasteiger partial charge on any atom is -1.00 e. The summed E-state index contributed by atoms with van der Waals surface area (Å²) in [6.07, 6.45) is 0.840. The SMILES string of the molecule is Nc1nc2ncc(CNc3ccc(C(=O)N[C@@H](CCC(=O)O)C(=O)O)cc3)nc2c(=O)[nH]1.[Cu].[H-].[Na+]. The smallest absolute Gasteiger partial charge is 1.00 e. The molecule has 3 rings (SSSR count). The number of rotatable bonds is 9. The van der Waals surface area contributed by atoms with Gasteiger partial charge >= 0.3 is 41.5 Å². The Labute approximate surface area is 226 Å². The fraction of sp³-hybridized carbons (Fsp3) is 0.211. The Bertz CT molecular complexity index is 1240. The molecule has 0 spiro atoms. The van der Waals surface area contributed by atoms with Crippen molar-refractivity contribution in [3.8, 4) is 0 Å². The van der Waals surface area contributed by atoms with Gasteiger partial charge in [-0.15, -0.1) is 0 Å². The van der Waals surface area contributed by atoms with E-state index < -0.39 is 29.4 Å². The van der Waals surface area contributed by atoms with Crippen LogP contribution in [0.3, 0.4) is 0 Å². The largest absolute Gasteiger partial charge is 1.00 e. The zero-order chi connectivity index (χ0) is 23.3. The summed E-state index contributed by atoms with van der Waals surface area (Å²) in [5.41, 5.74) is 6.47. The standard InChI is InChI=1S/C19H19N7O6.Cu.Na.H/c20-19-25-15-14(17(30)26-19)23-11(8-22-15)7-21-10-3-1-9(2-4-10)16(29)24-12(18(31)32)5-6-13(27)28;;;/h1-4,8,12,21H,5-7H2,(H,24,29)(H,27,28)(H,31,32)(H3,20,22,25,26,30);;;/q;;+1;-1/t12-;;;/m0.../s1. The maximum atomic E-state index is 12.3. The van der Waals surface area contributed by atoms with Crippen LogP contribution in [0.2, 0.25) is 0 Å². The molecule has 179 valence electrons. The van der Waals surface area contributed by atoms with Gasteiger partial charge < -0.3 is 28.0 Å². The molecule has 3 aromatic rings. The van der Waals surface area contributed by atoms with Crippen molar-refractivity contribution in [1.29, 1.82) is 0 Å². The first-order valence-corrected chi connectivity index (χ1v) is 9.33. The predicted molar refractivity (Wildman–Crippen MR) is 113 cm³/mol. The number of nitrogen functional groups attached to an aromatic ring is 1. The second-order valence-electron chi connectivity index (χ2n) is 6.71. The van der Waals surface area contributed by atoms with Crippen molar-refractivity contribution in [3.05, 3.63) is 52.1 Å². The minimum atomic E-state index is -1.31. The monoisotopic (exact) mass is 528 g/mol. The fourth-order valence-electron chi connectivity index (χ4n) is 2.75. The van der Waals surface area contributed by atoms with Gasteiger partial charge in [0.2, 0.25) is 5.95 Å². The normalized spacial score (nSPS) is 10.9. The first kappa shape index (κ1) is 29.0. The van der Waals surface area contributed by atoms with Crippen LogP contribution in [-0.4, -0.2) is 54.0 Å². The van der Waals surface area contributed by atoms with Crippen molar-refractivity contribution in [3.63, 3.8) is 0 Å². The van der Waals surface area contributed by atoms with Crippen molar-refractivity contribution in [2.45, 2.75) is 25.4 Å². The molecule has 0 saturated carbocycles. The first-order valence-electron chi connectivity index (χ1n) is 9.33. The Morgan fingerprint density at radius 2 is 1.82 bits per heavy atom. The molecule has 34 heavy (non-hydrogen) atoms. The van der Waals surface area contributed by atoms with Crippen LogP contribution in [-0.2, 0) is 33.2 Å². The molecule has 0 aliphatic rings. The third-order valence-corrected chi connectivity index (χ3v) is 4.36. The molecule has 0 fully saturated rings. The number of nitrogens with two attached hydrogens (primary N) is 1. The fourth-order valence-corrected chi connectivity index (χ4v) is 2.75. The summed E-state index contributed by atoms with van der Waals surface area (Å²) in [4.78, 5) is 60.6. The van der Waals surface area contributed by atoms with Gasteiger partial charge in [0, 0.05) is 34.7 Å². The van der Waals surface area contributed by atoms with E-state index in [-0.39, 0.29) is 90.1 Å². The van der Waals surface area contributed by atoms with E-state index in [4.69, 9.17) is 15.9 Å². The van der Waals surface area contributed by atoms with Crippen molar-refractivity contribution >= 4 is 40.6 Å². The number of carboxylic acid groups (broad SMARTS) is 2. The summed E-state index contributed by atoms with van der Waals surface area (Å²) in [7, 11) is 0. The van der Waals surface area contributed by atoms with Crippen LogP contribution in [0, 0.1) is 0 Å². The molecular weight excluding hydrogens is 509 g/mol. The minimum absolute atomic E-state index is 0. The maximum Gasteiger partial charge on any atom is 1.00 e. The van der Waals surface area contributed by atoms with Gasteiger partial charge in [-0.05, 0) is 30.7 Å². The second-order valence-corrected chi connectivity index (χ2v) is 6.71. The number of aliphatic carboxylic acids is 2. The molecule has 1 atom stereocenters. The molecule has 2 aromatic heterocycles. The quantitative estimate of drug-likeness (QED) is 0.155. The Morgan fingerprint density at radius 1 is 1.15 bits per heavy atom. The van der Waals surface area contributed by atoms with E-state index in [1.54, 1.807) is 12.1 Å². The van der Waals surface area contributed by atoms with Crippen LogP contribution in [0.15, 0.2) is 35.3 Å². The Hall–Kier alpha value is -3.03. The number of hydrogen-bond donors (Lipinski definition) is 6. The number of anilines is 2. The van der Waals surface area contributed by atoms with Crippen LogP contribution < -0.4 is 51.5 Å². The third-order valence-electron chi connectivity index (χ3n) is 4.36. The zero-order valence-corrected chi connectivity index (χ0v) is 20.8. The van der Waals surface area contributed by atoms with E-state index in [1.807, 2.05) is 0 Å². The topological polar surface area (TPSA) is 213 Å². The molecule has 1 amide bonds. The summed E-state index contributed by atoms with van der Waals surface area (Å²) in [5.74, 6) is -3.16. The van der Waals surface area contributed by atoms with Crippen molar-refractivity contribution in [2.24, 2.45) is 0 Å². The Morgan fingerprint density at radius 3 is 2.44 bits per heavy atom. The molecule has 7 N–H and O–H groups in total. The van der Waals surface area contributed by atoms with Crippen molar-refractivity contribution < 1.29 is 72.6 Å². The molecule has 13 nitrogen and oxygen atoms in total. The van der Waals surface area contributed by atoms with Gasteiger partial charge in [-0.3, -0.25) is 19.4 Å². The third kappa shape index (κ3) is 7.78. The molecule has 2 heterocycles. The molecule has 0 aliphatic carbocycles. The Balaban J connectivity index is 0.00000385. The van der Waals surface area contributed by atoms with Gasteiger partial charge in [-0.25, -0.2) is 14.8 Å². The summed E-state index contributed by atoms with van der Waals surface area (Å²) in [6.45, 7) is 0.231. The summed E-state index contributed by atoms with van der Waals surface area (Å²) < 4.78 is 0.